The first-order valence-corrected chi connectivity index (χ1v) is 10.5. The normalized spacial score (nSPS) is 18.2. The third-order valence-electron chi connectivity index (χ3n) is 4.74. The van der Waals surface area contributed by atoms with Crippen molar-refractivity contribution in [2.75, 3.05) is 11.1 Å². The fraction of sp³-hybridized carbons (Fsp3) is 0.227. The standard InChI is InChI=1S/C22H20ClNO4S/c23-15-7-5-14(6-8-15)20(25)13-29-17-11-9-16(10-12-17)24-21(26)18-3-1-2-4-19(18)22(27)28/h1-2,5-12,18-19H,3-4,13H2,(H,24,26)(H,27,28). The first-order chi connectivity index (χ1) is 13.9. The number of anilines is 1. The molecule has 1 aliphatic rings. The molecule has 2 atom stereocenters. The molecule has 0 aromatic heterocycles. The molecule has 2 unspecified atom stereocenters. The maximum atomic E-state index is 12.5. The van der Waals surface area contributed by atoms with Gasteiger partial charge in [0.2, 0.25) is 5.91 Å². The monoisotopic (exact) mass is 429 g/mol. The summed E-state index contributed by atoms with van der Waals surface area (Å²) in [6.07, 6.45) is 4.44. The lowest BCUT2D eigenvalue weighted by Crippen LogP contribution is -2.34. The van der Waals surface area contributed by atoms with Gasteiger partial charge >= 0.3 is 5.97 Å². The highest BCUT2D eigenvalue weighted by Crippen LogP contribution is 2.28. The maximum absolute atomic E-state index is 12.5. The fourth-order valence-electron chi connectivity index (χ4n) is 3.11. The van der Waals surface area contributed by atoms with Gasteiger partial charge in [-0.2, -0.15) is 0 Å². The zero-order chi connectivity index (χ0) is 20.8. The highest BCUT2D eigenvalue weighted by molar-refractivity contribution is 8.00. The molecule has 1 aliphatic carbocycles. The number of hydrogen-bond acceptors (Lipinski definition) is 4. The van der Waals surface area contributed by atoms with E-state index in [0.29, 0.717) is 34.9 Å². The highest BCUT2D eigenvalue weighted by Gasteiger charge is 2.33. The van der Waals surface area contributed by atoms with E-state index in [4.69, 9.17) is 11.6 Å². The minimum Gasteiger partial charge on any atom is -0.481 e. The van der Waals surface area contributed by atoms with Crippen LogP contribution < -0.4 is 5.32 Å². The van der Waals surface area contributed by atoms with Crippen molar-refractivity contribution >= 4 is 46.7 Å². The lowest BCUT2D eigenvalue weighted by Gasteiger charge is -2.24. The summed E-state index contributed by atoms with van der Waals surface area (Å²) in [5.41, 5.74) is 1.21. The molecule has 150 valence electrons. The van der Waals surface area contributed by atoms with Crippen molar-refractivity contribution < 1.29 is 19.5 Å². The molecule has 7 heteroatoms. The number of carbonyl (C=O) groups is 3. The smallest absolute Gasteiger partial charge is 0.307 e. The van der Waals surface area contributed by atoms with E-state index in [9.17, 15) is 19.5 Å². The molecule has 2 N–H and O–H groups in total. The van der Waals surface area contributed by atoms with E-state index < -0.39 is 17.8 Å². The molecule has 0 spiro atoms. The minimum atomic E-state index is -0.952. The Bertz CT molecular complexity index is 925. The minimum absolute atomic E-state index is 0.00844. The van der Waals surface area contributed by atoms with Crippen LogP contribution in [0.15, 0.2) is 65.6 Å². The fourth-order valence-corrected chi connectivity index (χ4v) is 4.03. The average Bonchev–Trinajstić information content (AvgIpc) is 2.73. The van der Waals surface area contributed by atoms with Crippen LogP contribution in [0.2, 0.25) is 5.02 Å². The Morgan fingerprint density at radius 2 is 1.59 bits per heavy atom. The number of Topliss-reactive ketones (excluding diaryl/α,β-unsaturated/α-hetero) is 1. The van der Waals surface area contributed by atoms with E-state index in [1.807, 2.05) is 18.2 Å². The lowest BCUT2D eigenvalue weighted by atomic mass is 9.82. The number of rotatable bonds is 7. The molecule has 0 radical (unpaired) electrons. The molecule has 2 aromatic rings. The largest absolute Gasteiger partial charge is 0.481 e. The number of thioether (sulfide) groups is 1. The van der Waals surface area contributed by atoms with Gasteiger partial charge in [0, 0.05) is 21.2 Å². The van der Waals surface area contributed by atoms with Crippen molar-refractivity contribution in [2.24, 2.45) is 11.8 Å². The van der Waals surface area contributed by atoms with Crippen LogP contribution in [0.3, 0.4) is 0 Å². The molecule has 0 saturated heterocycles. The Morgan fingerprint density at radius 3 is 2.21 bits per heavy atom. The van der Waals surface area contributed by atoms with Crippen LogP contribution in [0.1, 0.15) is 23.2 Å². The quantitative estimate of drug-likeness (QED) is 0.370. The van der Waals surface area contributed by atoms with Gasteiger partial charge in [0.1, 0.15) is 0 Å². The number of carboxylic acids is 1. The van der Waals surface area contributed by atoms with Crippen molar-refractivity contribution in [1.82, 2.24) is 0 Å². The van der Waals surface area contributed by atoms with Gasteiger partial charge in [-0.05, 0) is 61.4 Å². The molecule has 0 heterocycles. The van der Waals surface area contributed by atoms with E-state index in [0.717, 1.165) is 4.90 Å². The van der Waals surface area contributed by atoms with Gasteiger partial charge in [0.05, 0.1) is 17.6 Å². The summed E-state index contributed by atoms with van der Waals surface area (Å²) in [7, 11) is 0. The predicted molar refractivity (Wildman–Crippen MR) is 115 cm³/mol. The molecular weight excluding hydrogens is 410 g/mol. The summed E-state index contributed by atoms with van der Waals surface area (Å²) in [6.45, 7) is 0. The molecule has 29 heavy (non-hydrogen) atoms. The second-order valence-corrected chi connectivity index (χ2v) is 8.21. The Morgan fingerprint density at radius 1 is 0.966 bits per heavy atom. The Hall–Kier alpha value is -2.57. The number of allylic oxidation sites excluding steroid dienone is 2. The van der Waals surface area contributed by atoms with Crippen molar-refractivity contribution in [1.29, 1.82) is 0 Å². The highest BCUT2D eigenvalue weighted by atomic mass is 35.5. The summed E-state index contributed by atoms with van der Waals surface area (Å²) < 4.78 is 0. The van der Waals surface area contributed by atoms with Gasteiger partial charge < -0.3 is 10.4 Å². The number of benzene rings is 2. The lowest BCUT2D eigenvalue weighted by molar-refractivity contribution is -0.146. The number of amides is 1. The summed E-state index contributed by atoms with van der Waals surface area (Å²) in [6, 6.07) is 13.9. The zero-order valence-electron chi connectivity index (χ0n) is 15.5. The Labute approximate surface area is 178 Å². The summed E-state index contributed by atoms with van der Waals surface area (Å²) >= 11 is 7.24. The number of halogens is 1. The molecule has 1 amide bonds. The second kappa shape index (κ2) is 9.76. The van der Waals surface area contributed by atoms with Gasteiger partial charge in [0.15, 0.2) is 5.78 Å². The molecule has 0 bridgehead atoms. The van der Waals surface area contributed by atoms with Crippen molar-refractivity contribution in [3.63, 3.8) is 0 Å². The van der Waals surface area contributed by atoms with Crippen LogP contribution >= 0.6 is 23.4 Å². The number of carbonyl (C=O) groups excluding carboxylic acids is 2. The van der Waals surface area contributed by atoms with E-state index in [1.54, 1.807) is 42.5 Å². The number of hydrogen-bond donors (Lipinski definition) is 2. The molecule has 0 saturated carbocycles. The van der Waals surface area contributed by atoms with E-state index >= 15 is 0 Å². The zero-order valence-corrected chi connectivity index (χ0v) is 17.1. The molecule has 2 aromatic carbocycles. The van der Waals surface area contributed by atoms with Gasteiger partial charge in [0.25, 0.3) is 0 Å². The van der Waals surface area contributed by atoms with Crippen LogP contribution in [0.5, 0.6) is 0 Å². The maximum Gasteiger partial charge on any atom is 0.307 e. The average molecular weight is 430 g/mol. The van der Waals surface area contributed by atoms with E-state index in [1.165, 1.54) is 11.8 Å². The second-order valence-electron chi connectivity index (χ2n) is 6.73. The third-order valence-corrected chi connectivity index (χ3v) is 6.01. The molecule has 3 rings (SSSR count). The number of carboxylic acid groups (broad SMARTS) is 1. The van der Waals surface area contributed by atoms with Gasteiger partial charge in [-0.15, -0.1) is 11.8 Å². The predicted octanol–water partition coefficient (Wildman–Crippen LogP) is 4.92. The number of nitrogens with one attached hydrogen (secondary N) is 1. The molecular formula is C22H20ClNO4S. The summed E-state index contributed by atoms with van der Waals surface area (Å²) in [5, 5.41) is 12.7. The Kier molecular flexibility index (Phi) is 7.12. The summed E-state index contributed by atoms with van der Waals surface area (Å²) in [4.78, 5) is 37.0. The van der Waals surface area contributed by atoms with Gasteiger partial charge in [-0.25, -0.2) is 0 Å². The molecule has 0 fully saturated rings. The van der Waals surface area contributed by atoms with Crippen LogP contribution in [0, 0.1) is 11.8 Å². The van der Waals surface area contributed by atoms with Crippen molar-refractivity contribution in [3.05, 3.63) is 71.3 Å². The van der Waals surface area contributed by atoms with Crippen molar-refractivity contribution in [3.8, 4) is 0 Å². The van der Waals surface area contributed by atoms with E-state index in [2.05, 4.69) is 5.32 Å². The van der Waals surface area contributed by atoms with E-state index in [-0.39, 0.29) is 11.7 Å². The first kappa shape index (κ1) is 21.1. The van der Waals surface area contributed by atoms with Gasteiger partial charge in [-0.3, -0.25) is 14.4 Å². The van der Waals surface area contributed by atoms with Crippen LogP contribution in [0.25, 0.3) is 0 Å². The Balaban J connectivity index is 1.55. The summed E-state index contributed by atoms with van der Waals surface area (Å²) in [5.74, 6) is -2.22. The number of ketones is 1. The number of aliphatic carboxylic acids is 1. The molecule has 0 aliphatic heterocycles. The van der Waals surface area contributed by atoms with Crippen molar-refractivity contribution in [2.45, 2.75) is 17.7 Å². The molecule has 5 nitrogen and oxygen atoms in total. The topological polar surface area (TPSA) is 83.5 Å². The SMILES string of the molecule is O=C(CSc1ccc(NC(=O)C2CC=CCC2C(=O)O)cc1)c1ccc(Cl)cc1. The van der Waals surface area contributed by atoms with Gasteiger partial charge in [-0.1, -0.05) is 23.8 Å². The van der Waals surface area contributed by atoms with Crippen LogP contribution in [-0.2, 0) is 9.59 Å². The first-order valence-electron chi connectivity index (χ1n) is 9.14. The third kappa shape index (κ3) is 5.71. The van der Waals surface area contributed by atoms with Crippen LogP contribution in [0.4, 0.5) is 5.69 Å². The van der Waals surface area contributed by atoms with Crippen LogP contribution in [-0.4, -0.2) is 28.5 Å².